The van der Waals surface area contributed by atoms with Crippen LogP contribution in [0.1, 0.15) is 25.0 Å². The molecular formula is C19H21ClN2O2S. The summed E-state index contributed by atoms with van der Waals surface area (Å²) in [5, 5.41) is 4.87. The van der Waals surface area contributed by atoms with Crippen molar-refractivity contribution in [2.24, 2.45) is 5.10 Å². The van der Waals surface area contributed by atoms with E-state index in [1.165, 1.54) is 11.8 Å². The van der Waals surface area contributed by atoms with E-state index in [2.05, 4.69) is 10.5 Å². The first-order valence-electron chi connectivity index (χ1n) is 7.97. The molecule has 0 atom stereocenters. The van der Waals surface area contributed by atoms with Gasteiger partial charge in [-0.3, -0.25) is 4.79 Å². The smallest absolute Gasteiger partial charge is 0.250 e. The average molecular weight is 377 g/mol. The van der Waals surface area contributed by atoms with Crippen molar-refractivity contribution < 1.29 is 9.53 Å². The van der Waals surface area contributed by atoms with Crippen LogP contribution in [0.5, 0.6) is 5.75 Å². The van der Waals surface area contributed by atoms with Gasteiger partial charge in [-0.05, 0) is 61.4 Å². The zero-order valence-corrected chi connectivity index (χ0v) is 15.9. The molecule has 2 aromatic carbocycles. The number of rotatable bonds is 8. The Morgan fingerprint density at radius 3 is 2.48 bits per heavy atom. The Bertz CT molecular complexity index is 715. The summed E-state index contributed by atoms with van der Waals surface area (Å²) in [5.74, 6) is 1.81. The van der Waals surface area contributed by atoms with Crippen LogP contribution in [0.2, 0.25) is 5.02 Å². The van der Waals surface area contributed by atoms with E-state index in [0.29, 0.717) is 17.4 Å². The van der Waals surface area contributed by atoms with E-state index in [0.717, 1.165) is 28.3 Å². The van der Waals surface area contributed by atoms with E-state index in [9.17, 15) is 4.79 Å². The summed E-state index contributed by atoms with van der Waals surface area (Å²) in [6, 6.07) is 15.2. The van der Waals surface area contributed by atoms with Crippen LogP contribution in [0.25, 0.3) is 0 Å². The van der Waals surface area contributed by atoms with Gasteiger partial charge in [-0.2, -0.15) is 5.10 Å². The summed E-state index contributed by atoms with van der Waals surface area (Å²) < 4.78 is 5.41. The predicted molar refractivity (Wildman–Crippen MR) is 106 cm³/mol. The number of benzene rings is 2. The number of nitrogens with one attached hydrogen (secondary N) is 1. The Morgan fingerprint density at radius 2 is 1.84 bits per heavy atom. The van der Waals surface area contributed by atoms with Crippen molar-refractivity contribution >= 4 is 35.0 Å². The zero-order chi connectivity index (χ0) is 18.1. The third-order valence-electron chi connectivity index (χ3n) is 3.35. The Labute approximate surface area is 157 Å². The molecule has 0 unspecified atom stereocenters. The standard InChI is InChI=1S/C19H21ClN2O2S/c1-3-24-18-10-6-16(7-11-18)14(2)21-22-19(23)13-25-12-15-4-8-17(20)9-5-15/h4-11H,3,12-13H2,1-2H3,(H,22,23)/b21-14-. The van der Waals surface area contributed by atoms with Crippen LogP contribution in [0.4, 0.5) is 0 Å². The van der Waals surface area contributed by atoms with E-state index >= 15 is 0 Å². The molecule has 0 heterocycles. The van der Waals surface area contributed by atoms with Gasteiger partial charge in [0.25, 0.3) is 0 Å². The molecule has 25 heavy (non-hydrogen) atoms. The highest BCUT2D eigenvalue weighted by molar-refractivity contribution is 7.99. The van der Waals surface area contributed by atoms with Gasteiger partial charge in [-0.1, -0.05) is 23.7 Å². The summed E-state index contributed by atoms with van der Waals surface area (Å²) in [6.07, 6.45) is 0. The van der Waals surface area contributed by atoms with Crippen molar-refractivity contribution in [3.05, 3.63) is 64.7 Å². The molecular weight excluding hydrogens is 356 g/mol. The highest BCUT2D eigenvalue weighted by Crippen LogP contribution is 2.15. The Balaban J connectivity index is 1.77. The number of carbonyl (C=O) groups is 1. The highest BCUT2D eigenvalue weighted by atomic mass is 35.5. The van der Waals surface area contributed by atoms with Gasteiger partial charge in [-0.25, -0.2) is 5.43 Å². The van der Waals surface area contributed by atoms with Crippen molar-refractivity contribution in [2.45, 2.75) is 19.6 Å². The van der Waals surface area contributed by atoms with Gasteiger partial charge in [-0.15, -0.1) is 11.8 Å². The van der Waals surface area contributed by atoms with Gasteiger partial charge in [0, 0.05) is 10.8 Å². The van der Waals surface area contributed by atoms with E-state index in [4.69, 9.17) is 16.3 Å². The molecule has 4 nitrogen and oxygen atoms in total. The van der Waals surface area contributed by atoms with Gasteiger partial charge < -0.3 is 4.74 Å². The van der Waals surface area contributed by atoms with Crippen LogP contribution >= 0.6 is 23.4 Å². The number of carbonyl (C=O) groups excluding carboxylic acids is 1. The number of hydrogen-bond acceptors (Lipinski definition) is 4. The van der Waals surface area contributed by atoms with Crippen molar-refractivity contribution in [3.8, 4) is 5.75 Å². The molecule has 0 aliphatic rings. The number of ether oxygens (including phenoxy) is 1. The fraction of sp³-hybridized carbons (Fsp3) is 0.263. The van der Waals surface area contributed by atoms with Crippen molar-refractivity contribution in [2.75, 3.05) is 12.4 Å². The molecule has 0 saturated carbocycles. The molecule has 0 radical (unpaired) electrons. The quantitative estimate of drug-likeness (QED) is 0.544. The predicted octanol–water partition coefficient (Wildman–Crippen LogP) is 4.51. The molecule has 0 spiro atoms. The largest absolute Gasteiger partial charge is 0.494 e. The van der Waals surface area contributed by atoms with E-state index < -0.39 is 0 Å². The van der Waals surface area contributed by atoms with Gasteiger partial charge in [0.1, 0.15) is 5.75 Å². The van der Waals surface area contributed by atoms with Crippen molar-refractivity contribution in [1.82, 2.24) is 5.43 Å². The normalized spacial score (nSPS) is 11.2. The molecule has 2 rings (SSSR count). The lowest BCUT2D eigenvalue weighted by molar-refractivity contribution is -0.118. The summed E-state index contributed by atoms with van der Waals surface area (Å²) >= 11 is 7.38. The molecule has 0 aliphatic carbocycles. The van der Waals surface area contributed by atoms with Crippen LogP contribution in [0, 0.1) is 0 Å². The van der Waals surface area contributed by atoms with Gasteiger partial charge in [0.05, 0.1) is 18.1 Å². The maximum Gasteiger partial charge on any atom is 0.250 e. The van der Waals surface area contributed by atoms with Crippen LogP contribution in [-0.4, -0.2) is 24.0 Å². The lowest BCUT2D eigenvalue weighted by Gasteiger charge is -2.06. The fourth-order valence-electron chi connectivity index (χ4n) is 2.04. The maximum absolute atomic E-state index is 11.9. The summed E-state index contributed by atoms with van der Waals surface area (Å²) in [5.41, 5.74) is 5.42. The van der Waals surface area contributed by atoms with Gasteiger partial charge in [0.2, 0.25) is 5.91 Å². The average Bonchev–Trinajstić information content (AvgIpc) is 2.62. The molecule has 0 aliphatic heterocycles. The lowest BCUT2D eigenvalue weighted by atomic mass is 10.1. The molecule has 1 N–H and O–H groups in total. The van der Waals surface area contributed by atoms with Crippen LogP contribution in [0.3, 0.4) is 0 Å². The maximum atomic E-state index is 11.9. The van der Waals surface area contributed by atoms with E-state index in [1.807, 2.05) is 62.4 Å². The summed E-state index contributed by atoms with van der Waals surface area (Å²) in [7, 11) is 0. The van der Waals surface area contributed by atoms with E-state index in [1.54, 1.807) is 0 Å². The second-order valence-corrected chi connectivity index (χ2v) is 6.73. The zero-order valence-electron chi connectivity index (χ0n) is 14.3. The minimum absolute atomic E-state index is 0.121. The second kappa shape index (κ2) is 10.1. The molecule has 0 fully saturated rings. The van der Waals surface area contributed by atoms with Gasteiger partial charge >= 0.3 is 0 Å². The second-order valence-electron chi connectivity index (χ2n) is 5.31. The lowest BCUT2D eigenvalue weighted by Crippen LogP contribution is -2.21. The summed E-state index contributed by atoms with van der Waals surface area (Å²) in [6.45, 7) is 4.44. The first-order chi connectivity index (χ1) is 12.1. The number of nitrogens with zero attached hydrogens (tertiary/aromatic N) is 1. The SMILES string of the molecule is CCOc1ccc(/C(C)=N\NC(=O)CSCc2ccc(Cl)cc2)cc1. The third-order valence-corrected chi connectivity index (χ3v) is 4.60. The Morgan fingerprint density at radius 1 is 1.16 bits per heavy atom. The minimum atomic E-state index is -0.121. The van der Waals surface area contributed by atoms with Crippen molar-refractivity contribution in [3.63, 3.8) is 0 Å². The number of thioether (sulfide) groups is 1. The van der Waals surface area contributed by atoms with Crippen LogP contribution < -0.4 is 10.2 Å². The first-order valence-corrected chi connectivity index (χ1v) is 9.50. The summed E-state index contributed by atoms with van der Waals surface area (Å²) in [4.78, 5) is 11.9. The molecule has 1 amide bonds. The molecule has 2 aromatic rings. The minimum Gasteiger partial charge on any atom is -0.494 e. The Hall–Kier alpha value is -1.98. The third kappa shape index (κ3) is 6.80. The Kier molecular flexibility index (Phi) is 7.82. The topological polar surface area (TPSA) is 50.7 Å². The molecule has 0 bridgehead atoms. The molecule has 132 valence electrons. The van der Waals surface area contributed by atoms with E-state index in [-0.39, 0.29) is 5.91 Å². The fourth-order valence-corrected chi connectivity index (χ4v) is 2.95. The molecule has 6 heteroatoms. The van der Waals surface area contributed by atoms with Gasteiger partial charge in [0.15, 0.2) is 0 Å². The number of hydrazone groups is 1. The molecule has 0 saturated heterocycles. The number of amides is 1. The van der Waals surface area contributed by atoms with Crippen molar-refractivity contribution in [1.29, 1.82) is 0 Å². The molecule has 0 aromatic heterocycles. The number of halogens is 1. The number of hydrogen-bond donors (Lipinski definition) is 1. The van der Waals surface area contributed by atoms with Crippen LogP contribution in [-0.2, 0) is 10.5 Å². The monoisotopic (exact) mass is 376 g/mol. The van der Waals surface area contributed by atoms with Crippen LogP contribution in [0.15, 0.2) is 53.6 Å². The first kappa shape index (κ1) is 19.3. The highest BCUT2D eigenvalue weighted by Gasteiger charge is 2.03.